The number of ether oxygens (including phenoxy) is 1. The van der Waals surface area contributed by atoms with Gasteiger partial charge in [0.2, 0.25) is 0 Å². The number of aromatic amines is 1. The van der Waals surface area contributed by atoms with Gasteiger partial charge in [0.25, 0.3) is 5.56 Å². The van der Waals surface area contributed by atoms with Gasteiger partial charge in [0.05, 0.1) is 12.6 Å². The van der Waals surface area contributed by atoms with E-state index in [0.717, 1.165) is 6.54 Å². The van der Waals surface area contributed by atoms with Crippen molar-refractivity contribution in [1.29, 1.82) is 0 Å². The molecule has 102 valence electrons. The maximum absolute atomic E-state index is 12.4. The molecule has 0 atom stereocenters. The van der Waals surface area contributed by atoms with E-state index in [1.165, 1.54) is 11.7 Å². The first-order valence-corrected chi connectivity index (χ1v) is 6.13. The van der Waals surface area contributed by atoms with Crippen LogP contribution in [0.3, 0.4) is 0 Å². The Morgan fingerprint density at radius 3 is 2.84 bits per heavy atom. The summed E-state index contributed by atoms with van der Waals surface area (Å²) in [5.74, 6) is 0.473. The van der Waals surface area contributed by atoms with Crippen LogP contribution in [0.4, 0.5) is 0 Å². The first-order valence-electron chi connectivity index (χ1n) is 6.13. The summed E-state index contributed by atoms with van der Waals surface area (Å²) in [4.78, 5) is 27.0. The molecular weight excluding hydrogens is 246 g/mol. The van der Waals surface area contributed by atoms with E-state index in [0.29, 0.717) is 29.6 Å². The number of nitrogens with zero attached hydrogens (tertiary/aromatic N) is 1. The van der Waals surface area contributed by atoms with Crippen molar-refractivity contribution in [3.8, 4) is 5.75 Å². The monoisotopic (exact) mass is 263 g/mol. The van der Waals surface area contributed by atoms with Crippen molar-refractivity contribution in [2.24, 2.45) is 0 Å². The summed E-state index contributed by atoms with van der Waals surface area (Å²) < 4.78 is 6.39. The Labute approximate surface area is 110 Å². The van der Waals surface area contributed by atoms with Crippen LogP contribution in [0.25, 0.3) is 10.9 Å². The number of hydrogen-bond acceptors (Lipinski definition) is 4. The Hall–Kier alpha value is -2.08. The third-order valence-corrected chi connectivity index (χ3v) is 3.00. The van der Waals surface area contributed by atoms with Gasteiger partial charge in [-0.3, -0.25) is 9.36 Å². The number of methoxy groups -OCH3 is 1. The summed E-state index contributed by atoms with van der Waals surface area (Å²) in [6.07, 6.45) is 0.708. The molecule has 2 aromatic rings. The normalized spacial score (nSPS) is 10.8. The molecule has 0 saturated heterocycles. The Morgan fingerprint density at radius 2 is 2.16 bits per heavy atom. The van der Waals surface area contributed by atoms with E-state index in [-0.39, 0.29) is 11.2 Å². The molecule has 1 heterocycles. The topological polar surface area (TPSA) is 76.1 Å². The molecule has 0 unspecified atom stereocenters. The third-order valence-electron chi connectivity index (χ3n) is 3.00. The van der Waals surface area contributed by atoms with Crippen molar-refractivity contribution in [1.82, 2.24) is 14.9 Å². The number of H-pyrrole nitrogens is 1. The van der Waals surface area contributed by atoms with Crippen molar-refractivity contribution < 1.29 is 4.74 Å². The Morgan fingerprint density at radius 1 is 1.37 bits per heavy atom. The predicted molar refractivity (Wildman–Crippen MR) is 73.9 cm³/mol. The molecule has 2 rings (SSSR count). The van der Waals surface area contributed by atoms with Crippen LogP contribution in [0.15, 0.2) is 27.8 Å². The lowest BCUT2D eigenvalue weighted by Gasteiger charge is -2.08. The minimum absolute atomic E-state index is 0.313. The van der Waals surface area contributed by atoms with Crippen molar-refractivity contribution in [3.05, 3.63) is 39.0 Å². The largest absolute Gasteiger partial charge is 0.496 e. The van der Waals surface area contributed by atoms with Gasteiger partial charge in [-0.2, -0.15) is 0 Å². The summed E-state index contributed by atoms with van der Waals surface area (Å²) in [7, 11) is 3.33. The van der Waals surface area contributed by atoms with Crippen molar-refractivity contribution in [2.45, 2.75) is 13.0 Å². The fourth-order valence-electron chi connectivity index (χ4n) is 2.05. The summed E-state index contributed by atoms with van der Waals surface area (Å²) in [6.45, 7) is 1.12. The molecule has 1 aromatic carbocycles. The number of hydrogen-bond donors (Lipinski definition) is 2. The number of nitrogens with one attached hydrogen (secondary N) is 2. The van der Waals surface area contributed by atoms with Gasteiger partial charge in [0, 0.05) is 6.54 Å². The molecule has 0 amide bonds. The number of rotatable bonds is 5. The highest BCUT2D eigenvalue weighted by molar-refractivity contribution is 5.83. The van der Waals surface area contributed by atoms with Crippen LogP contribution in [-0.4, -0.2) is 30.3 Å². The summed E-state index contributed by atoms with van der Waals surface area (Å²) >= 11 is 0. The molecule has 2 N–H and O–H groups in total. The fourth-order valence-corrected chi connectivity index (χ4v) is 2.05. The summed E-state index contributed by atoms with van der Waals surface area (Å²) in [6, 6.07) is 5.14. The van der Waals surface area contributed by atoms with Crippen LogP contribution in [0.5, 0.6) is 5.75 Å². The molecule has 0 fully saturated rings. The van der Waals surface area contributed by atoms with Crippen LogP contribution < -0.4 is 21.3 Å². The number of benzene rings is 1. The van der Waals surface area contributed by atoms with Gasteiger partial charge in [-0.25, -0.2) is 4.79 Å². The van der Waals surface area contributed by atoms with Crippen molar-refractivity contribution in [2.75, 3.05) is 20.7 Å². The predicted octanol–water partition coefficient (Wildman–Crippen LogP) is 0.308. The second-order valence-electron chi connectivity index (χ2n) is 4.23. The highest BCUT2D eigenvalue weighted by Gasteiger charge is 2.11. The molecule has 1 aromatic heterocycles. The zero-order valence-electron chi connectivity index (χ0n) is 11.0. The van der Waals surface area contributed by atoms with Crippen molar-refractivity contribution >= 4 is 10.9 Å². The van der Waals surface area contributed by atoms with Gasteiger partial charge in [-0.1, -0.05) is 6.07 Å². The number of fused-ring (bicyclic) bond motifs is 1. The van der Waals surface area contributed by atoms with E-state index in [9.17, 15) is 9.59 Å². The Bertz CT molecular complexity index is 688. The second kappa shape index (κ2) is 5.71. The maximum Gasteiger partial charge on any atom is 0.328 e. The van der Waals surface area contributed by atoms with E-state index in [1.807, 2.05) is 7.05 Å². The van der Waals surface area contributed by atoms with Crippen LogP contribution in [0.1, 0.15) is 6.42 Å². The zero-order chi connectivity index (χ0) is 13.8. The van der Waals surface area contributed by atoms with Gasteiger partial charge in [0.1, 0.15) is 11.1 Å². The average molecular weight is 263 g/mol. The Kier molecular flexibility index (Phi) is 4.01. The molecule has 0 saturated carbocycles. The molecule has 19 heavy (non-hydrogen) atoms. The summed E-state index contributed by atoms with van der Waals surface area (Å²) in [5, 5.41) is 3.40. The molecule has 0 aliphatic rings. The SMILES string of the molecule is CNCCCn1c(=O)[nH]c2cccc(OC)c2c1=O. The lowest BCUT2D eigenvalue weighted by atomic mass is 10.2. The molecule has 0 bridgehead atoms. The van der Waals surface area contributed by atoms with Crippen LogP contribution in [0.2, 0.25) is 0 Å². The molecule has 0 radical (unpaired) electrons. The quantitative estimate of drug-likeness (QED) is 0.761. The van der Waals surface area contributed by atoms with Gasteiger partial charge in [0.15, 0.2) is 0 Å². The first-order chi connectivity index (χ1) is 9.19. The lowest BCUT2D eigenvalue weighted by Crippen LogP contribution is -2.35. The third kappa shape index (κ3) is 2.53. The maximum atomic E-state index is 12.4. The average Bonchev–Trinajstić information content (AvgIpc) is 2.41. The summed E-state index contributed by atoms with van der Waals surface area (Å²) in [5.41, 5.74) is -0.201. The fraction of sp³-hybridized carbons (Fsp3) is 0.385. The smallest absolute Gasteiger partial charge is 0.328 e. The first kappa shape index (κ1) is 13.4. The molecular formula is C13H17N3O3. The minimum Gasteiger partial charge on any atom is -0.496 e. The minimum atomic E-state index is -0.387. The van der Waals surface area contributed by atoms with E-state index in [1.54, 1.807) is 18.2 Å². The van der Waals surface area contributed by atoms with Crippen LogP contribution in [0, 0.1) is 0 Å². The highest BCUT2D eigenvalue weighted by Crippen LogP contribution is 2.19. The van der Waals surface area contributed by atoms with E-state index in [4.69, 9.17) is 4.74 Å². The molecule has 0 aliphatic carbocycles. The Balaban J connectivity index is 2.59. The lowest BCUT2D eigenvalue weighted by molar-refractivity contribution is 0.419. The second-order valence-corrected chi connectivity index (χ2v) is 4.23. The standard InChI is InChI=1S/C13H17N3O3/c1-14-7-4-8-16-12(17)11-9(15-13(16)18)5-3-6-10(11)19-2/h3,5-6,14H,4,7-8H2,1-2H3,(H,15,18). The van der Waals surface area contributed by atoms with Gasteiger partial charge >= 0.3 is 5.69 Å². The highest BCUT2D eigenvalue weighted by atomic mass is 16.5. The van der Waals surface area contributed by atoms with E-state index in [2.05, 4.69) is 10.3 Å². The zero-order valence-corrected chi connectivity index (χ0v) is 11.0. The van der Waals surface area contributed by atoms with E-state index >= 15 is 0 Å². The molecule has 0 aliphatic heterocycles. The molecule has 0 spiro atoms. The van der Waals surface area contributed by atoms with Crippen LogP contribution >= 0.6 is 0 Å². The molecule has 6 nitrogen and oxygen atoms in total. The van der Waals surface area contributed by atoms with Crippen LogP contribution in [-0.2, 0) is 6.54 Å². The van der Waals surface area contributed by atoms with Gasteiger partial charge in [-0.15, -0.1) is 0 Å². The van der Waals surface area contributed by atoms with E-state index < -0.39 is 0 Å². The number of aromatic nitrogens is 2. The van der Waals surface area contributed by atoms with Crippen molar-refractivity contribution in [3.63, 3.8) is 0 Å². The molecule has 6 heteroatoms. The van der Waals surface area contributed by atoms with Gasteiger partial charge < -0.3 is 15.0 Å². The van der Waals surface area contributed by atoms with Gasteiger partial charge in [-0.05, 0) is 32.1 Å².